The zero-order chi connectivity index (χ0) is 21.0. The van der Waals surface area contributed by atoms with E-state index in [9.17, 15) is 24.8 Å². The standard InChI is InChI=1S/C19H20N4O5S/c1-12(24)20-19-21-16(7-4-13-2-5-15(6-3-13)23(27)28)17(29-19)11-22-9-8-14(10-22)18(25)26/h2-7,14H,8-11H2,1H3,(H,25,26)(H,20,21,24)/t14-/m1/s1. The smallest absolute Gasteiger partial charge is 0.307 e. The van der Waals surface area contributed by atoms with Crippen molar-refractivity contribution in [2.24, 2.45) is 5.92 Å². The fourth-order valence-electron chi connectivity index (χ4n) is 3.07. The number of nitro groups is 1. The van der Waals surface area contributed by atoms with Crippen LogP contribution in [0, 0.1) is 16.0 Å². The summed E-state index contributed by atoms with van der Waals surface area (Å²) in [5.41, 5.74) is 1.48. The quantitative estimate of drug-likeness (QED) is 0.525. The Bertz CT molecular complexity index is 954. The summed E-state index contributed by atoms with van der Waals surface area (Å²) in [5, 5.41) is 23.1. The van der Waals surface area contributed by atoms with E-state index in [0.717, 1.165) is 10.4 Å². The predicted molar refractivity (Wildman–Crippen MR) is 109 cm³/mol. The van der Waals surface area contributed by atoms with Gasteiger partial charge in [-0.15, -0.1) is 0 Å². The van der Waals surface area contributed by atoms with Crippen LogP contribution >= 0.6 is 11.3 Å². The molecule has 1 saturated heterocycles. The topological polar surface area (TPSA) is 126 Å². The van der Waals surface area contributed by atoms with Crippen molar-refractivity contribution in [2.75, 3.05) is 18.4 Å². The van der Waals surface area contributed by atoms with E-state index < -0.39 is 10.9 Å². The van der Waals surface area contributed by atoms with E-state index in [1.165, 1.54) is 30.4 Å². The number of amides is 1. The Morgan fingerprint density at radius 2 is 2.10 bits per heavy atom. The molecule has 0 aliphatic carbocycles. The number of carbonyl (C=O) groups is 2. The number of aliphatic carboxylic acids is 1. The molecule has 2 heterocycles. The summed E-state index contributed by atoms with van der Waals surface area (Å²) < 4.78 is 0. The number of rotatable bonds is 7. The molecule has 2 N–H and O–H groups in total. The van der Waals surface area contributed by atoms with E-state index in [1.807, 2.05) is 0 Å². The lowest BCUT2D eigenvalue weighted by Crippen LogP contribution is -2.22. The van der Waals surface area contributed by atoms with Gasteiger partial charge in [0.25, 0.3) is 5.69 Å². The lowest BCUT2D eigenvalue weighted by atomic mass is 10.1. The molecule has 9 nitrogen and oxygen atoms in total. The fourth-order valence-corrected chi connectivity index (χ4v) is 4.11. The minimum Gasteiger partial charge on any atom is -0.481 e. The van der Waals surface area contributed by atoms with Crippen LogP contribution in [0.2, 0.25) is 0 Å². The van der Waals surface area contributed by atoms with Gasteiger partial charge >= 0.3 is 5.97 Å². The van der Waals surface area contributed by atoms with Crippen LogP contribution < -0.4 is 5.32 Å². The molecule has 152 valence electrons. The number of carboxylic acid groups (broad SMARTS) is 1. The van der Waals surface area contributed by atoms with Crippen LogP contribution in [0.1, 0.15) is 29.5 Å². The summed E-state index contributed by atoms with van der Waals surface area (Å²) >= 11 is 1.35. The van der Waals surface area contributed by atoms with Crippen LogP contribution in [0.4, 0.5) is 10.8 Å². The number of benzene rings is 1. The van der Waals surface area contributed by atoms with Crippen molar-refractivity contribution >= 4 is 46.2 Å². The third-order valence-corrected chi connectivity index (χ3v) is 5.51. The first-order valence-corrected chi connectivity index (χ1v) is 9.78. The molecular weight excluding hydrogens is 396 g/mol. The Balaban J connectivity index is 1.78. The Morgan fingerprint density at radius 3 is 2.69 bits per heavy atom. The molecule has 1 amide bonds. The number of thiazole rings is 1. The number of hydrogen-bond acceptors (Lipinski definition) is 7. The molecule has 1 atom stereocenters. The number of nitrogens with zero attached hydrogens (tertiary/aromatic N) is 3. The molecule has 2 aromatic rings. The van der Waals surface area contributed by atoms with Gasteiger partial charge in [0.1, 0.15) is 0 Å². The average Bonchev–Trinajstić information content (AvgIpc) is 3.27. The molecule has 0 unspecified atom stereocenters. The first-order valence-electron chi connectivity index (χ1n) is 8.97. The molecule has 1 aromatic carbocycles. The number of anilines is 1. The largest absolute Gasteiger partial charge is 0.481 e. The van der Waals surface area contributed by atoms with Gasteiger partial charge in [0.2, 0.25) is 5.91 Å². The van der Waals surface area contributed by atoms with Crippen molar-refractivity contribution in [1.29, 1.82) is 0 Å². The summed E-state index contributed by atoms with van der Waals surface area (Å²) in [6.45, 7) is 3.12. The van der Waals surface area contributed by atoms with Gasteiger partial charge in [-0.2, -0.15) is 0 Å². The van der Waals surface area contributed by atoms with Gasteiger partial charge < -0.3 is 10.4 Å². The van der Waals surface area contributed by atoms with Gasteiger partial charge in [0.15, 0.2) is 5.13 Å². The predicted octanol–water partition coefficient (Wildman–Crippen LogP) is 3.09. The van der Waals surface area contributed by atoms with Gasteiger partial charge in [0.05, 0.1) is 16.5 Å². The zero-order valence-electron chi connectivity index (χ0n) is 15.7. The lowest BCUT2D eigenvalue weighted by molar-refractivity contribution is -0.384. The van der Waals surface area contributed by atoms with Gasteiger partial charge in [-0.1, -0.05) is 17.4 Å². The first-order chi connectivity index (χ1) is 13.8. The molecule has 1 aliphatic heterocycles. The average molecular weight is 416 g/mol. The summed E-state index contributed by atoms with van der Waals surface area (Å²) in [7, 11) is 0. The molecule has 0 saturated carbocycles. The number of likely N-dealkylation sites (tertiary alicyclic amines) is 1. The Hall–Kier alpha value is -3.11. The highest BCUT2D eigenvalue weighted by Gasteiger charge is 2.28. The second kappa shape index (κ2) is 8.93. The fraction of sp³-hybridized carbons (Fsp3) is 0.316. The van der Waals surface area contributed by atoms with Crippen molar-refractivity contribution in [3.63, 3.8) is 0 Å². The van der Waals surface area contributed by atoms with Crippen molar-refractivity contribution in [3.8, 4) is 0 Å². The van der Waals surface area contributed by atoms with E-state index >= 15 is 0 Å². The number of nitro benzene ring substituents is 1. The van der Waals surface area contributed by atoms with Crippen molar-refractivity contribution in [1.82, 2.24) is 9.88 Å². The van der Waals surface area contributed by atoms with E-state index in [2.05, 4.69) is 15.2 Å². The molecular formula is C19H20N4O5S. The van der Waals surface area contributed by atoms with Gasteiger partial charge in [0, 0.05) is 37.0 Å². The highest BCUT2D eigenvalue weighted by Crippen LogP contribution is 2.28. The SMILES string of the molecule is CC(=O)Nc1nc(C=Cc2ccc([N+](=O)[O-])cc2)c(CN2CC[C@@H](C(=O)O)C2)s1. The van der Waals surface area contributed by atoms with Gasteiger partial charge in [-0.25, -0.2) is 4.98 Å². The van der Waals surface area contributed by atoms with E-state index in [4.69, 9.17) is 0 Å². The van der Waals surface area contributed by atoms with E-state index in [0.29, 0.717) is 36.9 Å². The molecule has 10 heteroatoms. The molecule has 0 radical (unpaired) electrons. The number of nitrogens with one attached hydrogen (secondary N) is 1. The maximum absolute atomic E-state index is 11.4. The van der Waals surface area contributed by atoms with Crippen molar-refractivity contribution < 1.29 is 19.6 Å². The number of carboxylic acids is 1. The molecule has 0 spiro atoms. The van der Waals surface area contributed by atoms with Gasteiger partial charge in [-0.3, -0.25) is 24.6 Å². The van der Waals surface area contributed by atoms with E-state index in [1.54, 1.807) is 24.3 Å². The monoisotopic (exact) mass is 416 g/mol. The second-order valence-corrected chi connectivity index (χ2v) is 7.83. The first kappa shape index (κ1) is 20.6. The van der Waals surface area contributed by atoms with Crippen molar-refractivity contribution in [3.05, 3.63) is 50.5 Å². The molecule has 29 heavy (non-hydrogen) atoms. The van der Waals surface area contributed by atoms with Crippen LogP contribution in [0.15, 0.2) is 24.3 Å². The Kier molecular flexibility index (Phi) is 6.35. The highest BCUT2D eigenvalue weighted by atomic mass is 32.1. The van der Waals surface area contributed by atoms with Crippen LogP contribution in [-0.4, -0.2) is 44.9 Å². The zero-order valence-corrected chi connectivity index (χ0v) is 16.5. The maximum atomic E-state index is 11.4. The minimum atomic E-state index is -0.783. The summed E-state index contributed by atoms with van der Waals surface area (Å²) in [5.74, 6) is -1.37. The number of aromatic nitrogens is 1. The Labute approximate surface area is 170 Å². The van der Waals surface area contributed by atoms with Crippen LogP contribution in [-0.2, 0) is 16.1 Å². The molecule has 0 bridgehead atoms. The van der Waals surface area contributed by atoms with Crippen LogP contribution in [0.25, 0.3) is 12.2 Å². The summed E-state index contributed by atoms with van der Waals surface area (Å²) in [6.07, 6.45) is 4.20. The van der Waals surface area contributed by atoms with E-state index in [-0.39, 0.29) is 17.5 Å². The molecule has 3 rings (SSSR count). The third-order valence-electron chi connectivity index (χ3n) is 4.54. The maximum Gasteiger partial charge on any atom is 0.307 e. The van der Waals surface area contributed by atoms with Crippen LogP contribution in [0.3, 0.4) is 0 Å². The summed E-state index contributed by atoms with van der Waals surface area (Å²) in [4.78, 5) is 40.3. The highest BCUT2D eigenvalue weighted by molar-refractivity contribution is 7.16. The molecule has 1 fully saturated rings. The second-order valence-electron chi connectivity index (χ2n) is 6.75. The number of carbonyl (C=O) groups excluding carboxylic acids is 1. The van der Waals surface area contributed by atoms with Gasteiger partial charge in [-0.05, 0) is 36.7 Å². The molecule has 1 aromatic heterocycles. The normalized spacial score (nSPS) is 16.9. The van der Waals surface area contributed by atoms with Crippen molar-refractivity contribution in [2.45, 2.75) is 19.9 Å². The lowest BCUT2D eigenvalue weighted by Gasteiger charge is -2.14. The third kappa shape index (κ3) is 5.46. The minimum absolute atomic E-state index is 0.0199. The number of non-ortho nitro benzene ring substituents is 1. The van der Waals surface area contributed by atoms with Crippen LogP contribution in [0.5, 0.6) is 0 Å². The number of hydrogen-bond donors (Lipinski definition) is 2. The Morgan fingerprint density at radius 1 is 1.38 bits per heavy atom. The summed E-state index contributed by atoms with van der Waals surface area (Å²) in [6, 6.07) is 6.15. The molecule has 1 aliphatic rings.